The van der Waals surface area contributed by atoms with Crippen LogP contribution in [0.4, 0.5) is 9.59 Å². The van der Waals surface area contributed by atoms with Gasteiger partial charge in [-0.15, -0.1) is 0 Å². The lowest BCUT2D eigenvalue weighted by molar-refractivity contribution is 0.0318. The quantitative estimate of drug-likeness (QED) is 0.801. The second kappa shape index (κ2) is 6.09. The van der Waals surface area contributed by atoms with Gasteiger partial charge in [0.2, 0.25) is 0 Å². The number of carbonyl (C=O) groups excluding carboxylic acids is 2. The molecule has 2 rings (SSSR count). The van der Waals surface area contributed by atoms with E-state index in [1.807, 2.05) is 0 Å². The number of cyclic esters (lactones) is 1. The largest absolute Gasteiger partial charge is 0.448 e. The first-order valence-corrected chi connectivity index (χ1v) is 7.37. The van der Waals surface area contributed by atoms with E-state index in [2.05, 4.69) is 5.32 Å². The highest BCUT2D eigenvalue weighted by Crippen LogP contribution is 2.26. The molecule has 2 aliphatic rings. The number of carbonyl (C=O) groups is 2. The van der Waals surface area contributed by atoms with Crippen LogP contribution < -0.4 is 5.32 Å². The normalized spacial score (nSPS) is 30.0. The number of rotatable bonds is 2. The predicted octanol–water partition coefficient (Wildman–Crippen LogP) is 1.25. The van der Waals surface area contributed by atoms with Gasteiger partial charge >= 0.3 is 12.2 Å². The third kappa shape index (κ3) is 4.23. The Bertz CT molecular complexity index is 407. The third-order valence-corrected chi connectivity index (χ3v) is 3.68. The number of nitrogens with one attached hydrogen (secondary N) is 1. The van der Waals surface area contributed by atoms with Crippen LogP contribution >= 0.6 is 0 Å². The van der Waals surface area contributed by atoms with Crippen molar-refractivity contribution in [2.75, 3.05) is 13.2 Å². The number of nitrogens with zero attached hydrogens (tertiary/aromatic N) is 1. The number of amides is 2. The standard InChI is InChI=1S/C14H24N2O5/c1-14(2,3)21-12(18)15-10-5-4-9(17)8-11(10)16-6-7-20-13(16)19/h9-11,17H,4-8H2,1-3H3,(H,15,18). The molecule has 0 aromatic heterocycles. The van der Waals surface area contributed by atoms with Gasteiger partial charge in [-0.2, -0.15) is 0 Å². The van der Waals surface area contributed by atoms with Gasteiger partial charge in [0.25, 0.3) is 0 Å². The Morgan fingerprint density at radius 1 is 1.43 bits per heavy atom. The van der Waals surface area contributed by atoms with Crippen molar-refractivity contribution in [1.82, 2.24) is 10.2 Å². The molecule has 1 aliphatic heterocycles. The molecule has 21 heavy (non-hydrogen) atoms. The van der Waals surface area contributed by atoms with Gasteiger partial charge in [0.1, 0.15) is 12.2 Å². The molecule has 3 unspecified atom stereocenters. The molecule has 0 aromatic carbocycles. The highest BCUT2D eigenvalue weighted by atomic mass is 16.6. The van der Waals surface area contributed by atoms with E-state index in [1.165, 1.54) is 0 Å². The minimum atomic E-state index is -0.569. The Kier molecular flexibility index (Phi) is 4.61. The molecule has 1 saturated carbocycles. The van der Waals surface area contributed by atoms with E-state index in [0.29, 0.717) is 32.4 Å². The van der Waals surface area contributed by atoms with Gasteiger partial charge in [0, 0.05) is 0 Å². The molecule has 7 nitrogen and oxygen atoms in total. The van der Waals surface area contributed by atoms with Crippen LogP contribution in [0.15, 0.2) is 0 Å². The molecule has 0 spiro atoms. The van der Waals surface area contributed by atoms with Crippen molar-refractivity contribution < 1.29 is 24.2 Å². The summed E-state index contributed by atoms with van der Waals surface area (Å²) >= 11 is 0. The van der Waals surface area contributed by atoms with Gasteiger partial charge in [-0.05, 0) is 40.0 Å². The lowest BCUT2D eigenvalue weighted by Gasteiger charge is -2.39. The molecule has 1 aliphatic carbocycles. The summed E-state index contributed by atoms with van der Waals surface area (Å²) < 4.78 is 10.2. The van der Waals surface area contributed by atoms with Crippen molar-refractivity contribution in [2.45, 2.75) is 63.8 Å². The van der Waals surface area contributed by atoms with E-state index >= 15 is 0 Å². The highest BCUT2D eigenvalue weighted by Gasteiger charge is 2.40. The van der Waals surface area contributed by atoms with E-state index < -0.39 is 17.8 Å². The van der Waals surface area contributed by atoms with E-state index in [4.69, 9.17) is 9.47 Å². The molecule has 0 aromatic rings. The summed E-state index contributed by atoms with van der Waals surface area (Å²) in [5.41, 5.74) is -0.569. The zero-order valence-corrected chi connectivity index (χ0v) is 12.8. The first kappa shape index (κ1) is 15.9. The van der Waals surface area contributed by atoms with Crippen LogP contribution in [-0.2, 0) is 9.47 Å². The number of hydrogen-bond donors (Lipinski definition) is 2. The van der Waals surface area contributed by atoms with Gasteiger partial charge in [0.05, 0.1) is 24.7 Å². The Balaban J connectivity index is 2.01. The van der Waals surface area contributed by atoms with Gasteiger partial charge < -0.3 is 19.9 Å². The van der Waals surface area contributed by atoms with Crippen molar-refractivity contribution in [3.05, 3.63) is 0 Å². The van der Waals surface area contributed by atoms with Crippen LogP contribution in [0, 0.1) is 0 Å². The smallest absolute Gasteiger partial charge is 0.410 e. The molecule has 2 N–H and O–H groups in total. The lowest BCUT2D eigenvalue weighted by Crippen LogP contribution is -2.56. The number of alkyl carbamates (subject to hydrolysis) is 1. The first-order valence-electron chi connectivity index (χ1n) is 7.37. The van der Waals surface area contributed by atoms with E-state index in [-0.39, 0.29) is 18.2 Å². The fourth-order valence-corrected chi connectivity index (χ4v) is 2.80. The molecular weight excluding hydrogens is 276 g/mol. The van der Waals surface area contributed by atoms with E-state index in [0.717, 1.165) is 0 Å². The minimum Gasteiger partial charge on any atom is -0.448 e. The van der Waals surface area contributed by atoms with Gasteiger partial charge in [0.15, 0.2) is 0 Å². The summed E-state index contributed by atoms with van der Waals surface area (Å²) in [5.74, 6) is 0. The first-order chi connectivity index (χ1) is 9.76. The Morgan fingerprint density at radius 3 is 2.71 bits per heavy atom. The highest BCUT2D eigenvalue weighted by molar-refractivity contribution is 5.71. The molecule has 1 saturated heterocycles. The zero-order valence-electron chi connectivity index (χ0n) is 12.8. The van der Waals surface area contributed by atoms with Crippen LogP contribution in [0.1, 0.15) is 40.0 Å². The maximum Gasteiger partial charge on any atom is 0.410 e. The van der Waals surface area contributed by atoms with Gasteiger partial charge in [-0.25, -0.2) is 9.59 Å². The third-order valence-electron chi connectivity index (χ3n) is 3.68. The molecule has 7 heteroatoms. The molecule has 2 fully saturated rings. The molecule has 120 valence electrons. The maximum atomic E-state index is 11.9. The summed E-state index contributed by atoms with van der Waals surface area (Å²) in [5, 5.41) is 12.7. The van der Waals surface area contributed by atoms with Crippen LogP contribution in [0.5, 0.6) is 0 Å². The van der Waals surface area contributed by atoms with Crippen LogP contribution in [0.25, 0.3) is 0 Å². The van der Waals surface area contributed by atoms with Gasteiger partial charge in [-0.1, -0.05) is 0 Å². The molecular formula is C14H24N2O5. The second-order valence-corrected chi connectivity index (χ2v) is 6.59. The average molecular weight is 300 g/mol. The second-order valence-electron chi connectivity index (χ2n) is 6.59. The summed E-state index contributed by atoms with van der Waals surface area (Å²) in [6.45, 7) is 6.23. The van der Waals surface area contributed by atoms with Crippen LogP contribution in [-0.4, -0.2) is 59.1 Å². The molecule has 3 atom stereocenters. The summed E-state index contributed by atoms with van der Waals surface area (Å²) in [7, 11) is 0. The van der Waals surface area contributed by atoms with E-state index in [9.17, 15) is 14.7 Å². The van der Waals surface area contributed by atoms with Crippen LogP contribution in [0.2, 0.25) is 0 Å². The number of ether oxygens (including phenoxy) is 2. The van der Waals surface area contributed by atoms with Crippen molar-refractivity contribution in [1.29, 1.82) is 0 Å². The zero-order chi connectivity index (χ0) is 15.6. The lowest BCUT2D eigenvalue weighted by atomic mass is 9.87. The fraction of sp³-hybridized carbons (Fsp3) is 0.857. The van der Waals surface area contributed by atoms with E-state index in [1.54, 1.807) is 25.7 Å². The van der Waals surface area contributed by atoms with Crippen molar-refractivity contribution in [3.63, 3.8) is 0 Å². The predicted molar refractivity (Wildman–Crippen MR) is 74.9 cm³/mol. The molecule has 0 bridgehead atoms. The van der Waals surface area contributed by atoms with Crippen LogP contribution in [0.3, 0.4) is 0 Å². The maximum absolute atomic E-state index is 11.9. The average Bonchev–Trinajstić information content (AvgIpc) is 2.75. The topological polar surface area (TPSA) is 88.1 Å². The Labute approximate surface area is 124 Å². The minimum absolute atomic E-state index is 0.228. The number of hydrogen-bond acceptors (Lipinski definition) is 5. The Hall–Kier alpha value is -1.50. The SMILES string of the molecule is CC(C)(C)OC(=O)NC1CCC(O)CC1N1CCOC1=O. The summed E-state index contributed by atoms with van der Waals surface area (Å²) in [6, 6.07) is -0.481. The van der Waals surface area contributed by atoms with Crippen molar-refractivity contribution in [3.8, 4) is 0 Å². The summed E-state index contributed by atoms with van der Waals surface area (Å²) in [6.07, 6.45) is 0.302. The number of aliphatic hydroxyl groups excluding tert-OH is 1. The molecule has 0 radical (unpaired) electrons. The Morgan fingerprint density at radius 2 is 2.14 bits per heavy atom. The monoisotopic (exact) mass is 300 g/mol. The summed E-state index contributed by atoms with van der Waals surface area (Å²) in [4.78, 5) is 25.2. The molecule has 1 heterocycles. The van der Waals surface area contributed by atoms with Crippen molar-refractivity contribution >= 4 is 12.2 Å². The van der Waals surface area contributed by atoms with Crippen molar-refractivity contribution in [2.24, 2.45) is 0 Å². The van der Waals surface area contributed by atoms with Gasteiger partial charge in [-0.3, -0.25) is 4.90 Å². The molecule has 2 amide bonds. The number of aliphatic hydroxyl groups is 1. The fourth-order valence-electron chi connectivity index (χ4n) is 2.80.